The van der Waals surface area contributed by atoms with Gasteiger partial charge in [-0.15, -0.1) is 0 Å². The summed E-state index contributed by atoms with van der Waals surface area (Å²) in [5.41, 5.74) is 9.46. The Morgan fingerprint density at radius 3 is 2.64 bits per heavy atom. The van der Waals surface area contributed by atoms with E-state index in [1.54, 1.807) is 0 Å². The smallest absolute Gasteiger partial charge is 0.240 e. The number of ether oxygens (including phenoxy) is 2. The van der Waals surface area contributed by atoms with E-state index in [0.29, 0.717) is 19.8 Å². The van der Waals surface area contributed by atoms with Crippen molar-refractivity contribution in [3.05, 3.63) is 29.8 Å². The van der Waals surface area contributed by atoms with E-state index in [-0.39, 0.29) is 23.9 Å². The zero-order valence-corrected chi connectivity index (χ0v) is 13.0. The molecule has 7 heteroatoms. The van der Waals surface area contributed by atoms with Crippen molar-refractivity contribution in [1.29, 1.82) is 0 Å². The van der Waals surface area contributed by atoms with E-state index in [1.165, 1.54) is 0 Å². The molecule has 0 saturated carbocycles. The molecule has 0 radical (unpaired) electrons. The number of hydrogen-bond donors (Lipinski definition) is 4. The Bertz CT molecular complexity index is 480. The largest absolute Gasteiger partial charge is 0.491 e. The second kappa shape index (κ2) is 8.09. The van der Waals surface area contributed by atoms with Gasteiger partial charge in [0.2, 0.25) is 5.91 Å². The molecular weight excluding hydrogens is 284 g/mol. The van der Waals surface area contributed by atoms with E-state index < -0.39 is 0 Å². The van der Waals surface area contributed by atoms with Crippen molar-refractivity contribution < 1.29 is 14.3 Å². The van der Waals surface area contributed by atoms with E-state index >= 15 is 0 Å². The first-order chi connectivity index (χ1) is 10.7. The molecule has 0 aromatic heterocycles. The molecule has 5 N–H and O–H groups in total. The van der Waals surface area contributed by atoms with E-state index in [1.807, 2.05) is 38.1 Å². The molecule has 1 fully saturated rings. The maximum absolute atomic E-state index is 11.9. The van der Waals surface area contributed by atoms with Crippen LogP contribution in [0.3, 0.4) is 0 Å². The van der Waals surface area contributed by atoms with Gasteiger partial charge in [-0.05, 0) is 31.5 Å². The number of hydrogen-bond acceptors (Lipinski definition) is 6. The highest BCUT2D eigenvalue weighted by atomic mass is 16.5. The number of amides is 1. The number of nitrogens with two attached hydrogens (primary N) is 1. The lowest BCUT2D eigenvalue weighted by Gasteiger charge is -2.19. The summed E-state index contributed by atoms with van der Waals surface area (Å²) in [5, 5.41) is 0. The number of rotatable bonds is 7. The summed E-state index contributed by atoms with van der Waals surface area (Å²) in [4.78, 5) is 11.9. The maximum atomic E-state index is 11.9. The average molecular weight is 308 g/mol. The summed E-state index contributed by atoms with van der Waals surface area (Å²) < 4.78 is 10.8. The molecule has 1 amide bonds. The molecule has 2 rings (SSSR count). The fourth-order valence-electron chi connectivity index (χ4n) is 2.59. The summed E-state index contributed by atoms with van der Waals surface area (Å²) in [6.45, 7) is 5.67. The third kappa shape index (κ3) is 3.95. The Labute approximate surface area is 130 Å². The second-order valence-electron chi connectivity index (χ2n) is 5.20. The molecular formula is C15H24N4O3. The van der Waals surface area contributed by atoms with Gasteiger partial charge < -0.3 is 9.47 Å². The highest BCUT2D eigenvalue weighted by molar-refractivity contribution is 5.80. The van der Waals surface area contributed by atoms with Crippen LogP contribution in [-0.2, 0) is 9.53 Å². The van der Waals surface area contributed by atoms with Crippen LogP contribution >= 0.6 is 0 Å². The lowest BCUT2D eigenvalue weighted by atomic mass is 9.89. The van der Waals surface area contributed by atoms with Crippen molar-refractivity contribution in [3.63, 3.8) is 0 Å². The average Bonchev–Trinajstić information content (AvgIpc) is 2.93. The zero-order valence-electron chi connectivity index (χ0n) is 13.0. The van der Waals surface area contributed by atoms with E-state index in [9.17, 15) is 4.79 Å². The maximum Gasteiger partial charge on any atom is 0.240 e. The van der Waals surface area contributed by atoms with Crippen LogP contribution in [0.2, 0.25) is 0 Å². The van der Waals surface area contributed by atoms with E-state index in [2.05, 4.69) is 16.3 Å². The van der Waals surface area contributed by atoms with Gasteiger partial charge in [-0.2, -0.15) is 0 Å². The molecule has 0 bridgehead atoms. The van der Waals surface area contributed by atoms with Crippen LogP contribution in [0.4, 0.5) is 0 Å². The van der Waals surface area contributed by atoms with Gasteiger partial charge in [0.1, 0.15) is 12.4 Å². The molecule has 1 aromatic carbocycles. The first kappa shape index (κ1) is 16.7. The lowest BCUT2D eigenvalue weighted by molar-refractivity contribution is -0.125. The Morgan fingerprint density at radius 1 is 1.27 bits per heavy atom. The van der Waals surface area contributed by atoms with Crippen molar-refractivity contribution in [3.8, 4) is 5.75 Å². The molecule has 3 unspecified atom stereocenters. The van der Waals surface area contributed by atoms with Gasteiger partial charge in [0, 0.05) is 12.6 Å². The van der Waals surface area contributed by atoms with Crippen LogP contribution in [0.15, 0.2) is 24.3 Å². The first-order valence-corrected chi connectivity index (χ1v) is 7.49. The Balaban J connectivity index is 1.98. The summed E-state index contributed by atoms with van der Waals surface area (Å²) >= 11 is 0. The first-order valence-electron chi connectivity index (χ1n) is 7.49. The molecule has 0 spiro atoms. The summed E-state index contributed by atoms with van der Waals surface area (Å²) in [7, 11) is 0. The summed E-state index contributed by atoms with van der Waals surface area (Å²) in [6, 6.07) is 7.55. The van der Waals surface area contributed by atoms with Crippen molar-refractivity contribution in [2.24, 2.45) is 11.8 Å². The van der Waals surface area contributed by atoms with Crippen molar-refractivity contribution in [1.82, 2.24) is 16.3 Å². The Hall–Kier alpha value is -1.67. The van der Waals surface area contributed by atoms with Gasteiger partial charge in [-0.3, -0.25) is 15.6 Å². The second-order valence-corrected chi connectivity index (χ2v) is 5.20. The Morgan fingerprint density at radius 2 is 2.00 bits per heavy atom. The molecule has 7 nitrogen and oxygen atoms in total. The normalized spacial score (nSPS) is 24.2. The van der Waals surface area contributed by atoms with Crippen LogP contribution in [0.25, 0.3) is 0 Å². The predicted octanol–water partition coefficient (Wildman–Crippen LogP) is 0.245. The fraction of sp³-hybridized carbons (Fsp3) is 0.533. The molecule has 1 aliphatic heterocycles. The van der Waals surface area contributed by atoms with Crippen molar-refractivity contribution >= 4 is 5.91 Å². The minimum atomic E-state index is -0.269. The highest BCUT2D eigenvalue weighted by Crippen LogP contribution is 2.29. The predicted molar refractivity (Wildman–Crippen MR) is 82.7 cm³/mol. The molecule has 1 heterocycles. The molecule has 1 saturated heterocycles. The van der Waals surface area contributed by atoms with Gasteiger partial charge in [0.25, 0.3) is 0 Å². The van der Waals surface area contributed by atoms with Crippen LogP contribution in [0.5, 0.6) is 5.75 Å². The van der Waals surface area contributed by atoms with E-state index in [4.69, 9.17) is 15.3 Å². The lowest BCUT2D eigenvalue weighted by Crippen LogP contribution is -2.41. The van der Waals surface area contributed by atoms with Gasteiger partial charge in [-0.1, -0.05) is 12.1 Å². The van der Waals surface area contributed by atoms with Crippen molar-refractivity contribution in [2.75, 3.05) is 19.8 Å². The van der Waals surface area contributed by atoms with Gasteiger partial charge in [0.15, 0.2) is 0 Å². The van der Waals surface area contributed by atoms with Crippen molar-refractivity contribution in [2.45, 2.75) is 25.9 Å². The van der Waals surface area contributed by atoms with Crippen LogP contribution in [-0.4, -0.2) is 31.8 Å². The quantitative estimate of drug-likeness (QED) is 0.249. The monoisotopic (exact) mass is 308 g/mol. The fourth-order valence-corrected chi connectivity index (χ4v) is 2.59. The molecule has 3 atom stereocenters. The number of carbonyl (C=O) groups is 1. The van der Waals surface area contributed by atoms with Crippen LogP contribution in [0.1, 0.15) is 25.5 Å². The molecule has 0 aliphatic carbocycles. The SMILES string of the molecule is CCOCCOc1ccc(C2NNC(C)C2C(=O)NN)cc1. The van der Waals surface area contributed by atoms with Crippen LogP contribution < -0.4 is 26.9 Å². The number of hydrazine groups is 2. The minimum absolute atomic E-state index is 0.00401. The van der Waals surface area contributed by atoms with Crippen LogP contribution in [0, 0.1) is 5.92 Å². The molecule has 1 aliphatic rings. The molecule has 1 aromatic rings. The number of carbonyl (C=O) groups excluding carboxylic acids is 1. The topological polar surface area (TPSA) is 97.6 Å². The van der Waals surface area contributed by atoms with E-state index in [0.717, 1.165) is 11.3 Å². The third-order valence-corrected chi connectivity index (χ3v) is 3.75. The van der Waals surface area contributed by atoms with Gasteiger partial charge in [-0.25, -0.2) is 11.3 Å². The molecule has 22 heavy (non-hydrogen) atoms. The summed E-state index contributed by atoms with van der Waals surface area (Å²) in [5.74, 6) is 5.59. The Kier molecular flexibility index (Phi) is 6.14. The number of benzene rings is 1. The zero-order chi connectivity index (χ0) is 15.9. The minimum Gasteiger partial charge on any atom is -0.491 e. The standard InChI is InChI=1S/C15H24N4O3/c1-3-21-8-9-22-12-6-4-11(5-7-12)14-13(15(20)17-16)10(2)18-19-14/h4-7,10,13-14,18-19H,3,8-9,16H2,1-2H3,(H,17,20). The third-order valence-electron chi connectivity index (χ3n) is 3.75. The molecule has 122 valence electrons. The number of nitrogens with one attached hydrogen (secondary N) is 3. The van der Waals surface area contributed by atoms with Gasteiger partial charge in [0.05, 0.1) is 18.6 Å². The summed E-state index contributed by atoms with van der Waals surface area (Å²) in [6.07, 6.45) is 0. The highest BCUT2D eigenvalue weighted by Gasteiger charge is 2.38. The van der Waals surface area contributed by atoms with Gasteiger partial charge >= 0.3 is 0 Å².